The van der Waals surface area contributed by atoms with Crippen LogP contribution in [0.25, 0.3) is 0 Å². The van der Waals surface area contributed by atoms with E-state index in [1.54, 1.807) is 0 Å². The van der Waals surface area contributed by atoms with Gasteiger partial charge in [0.25, 0.3) is 0 Å². The molecule has 0 fully saturated rings. The molecule has 5 heteroatoms. The Morgan fingerprint density at radius 1 is 0.722 bits per heavy atom. The monoisotopic (exact) mass is 262 g/mol. The van der Waals surface area contributed by atoms with Gasteiger partial charge in [0.1, 0.15) is 13.2 Å². The largest absolute Gasteiger partial charge is 0.508 e. The highest BCUT2D eigenvalue weighted by Crippen LogP contribution is 1.99. The van der Waals surface area contributed by atoms with Gasteiger partial charge in [-0.3, -0.25) is 0 Å². The molecule has 0 saturated heterocycles. The van der Waals surface area contributed by atoms with E-state index < -0.39 is 6.16 Å². The maximum absolute atomic E-state index is 11.1. The number of carbonyl (C=O) groups excluding carboxylic acids is 1. The first-order valence-electron chi connectivity index (χ1n) is 6.85. The van der Waals surface area contributed by atoms with E-state index in [-0.39, 0.29) is 13.2 Å². The van der Waals surface area contributed by atoms with E-state index >= 15 is 0 Å². The second-order valence-corrected chi connectivity index (χ2v) is 4.01. The van der Waals surface area contributed by atoms with Crippen molar-refractivity contribution in [1.29, 1.82) is 0 Å². The van der Waals surface area contributed by atoms with E-state index in [2.05, 4.69) is 13.8 Å². The van der Waals surface area contributed by atoms with Crippen molar-refractivity contribution in [1.82, 2.24) is 0 Å². The number of hydrogen-bond acceptors (Lipinski definition) is 5. The summed E-state index contributed by atoms with van der Waals surface area (Å²) in [7, 11) is 0. The Balaban J connectivity index is 3.12. The van der Waals surface area contributed by atoms with Crippen LogP contribution in [-0.4, -0.2) is 32.6 Å². The van der Waals surface area contributed by atoms with Gasteiger partial charge in [0.2, 0.25) is 0 Å². The van der Waals surface area contributed by atoms with Crippen LogP contribution in [0.15, 0.2) is 0 Å². The predicted octanol–water partition coefficient (Wildman–Crippen LogP) is 3.47. The Bertz CT molecular complexity index is 184. The van der Waals surface area contributed by atoms with E-state index in [0.717, 1.165) is 25.7 Å². The van der Waals surface area contributed by atoms with Crippen LogP contribution in [0.4, 0.5) is 4.79 Å². The highest BCUT2D eigenvalue weighted by molar-refractivity contribution is 5.59. The summed E-state index contributed by atoms with van der Waals surface area (Å²) in [6.07, 6.45) is 5.69. The molecule has 108 valence electrons. The summed E-state index contributed by atoms with van der Waals surface area (Å²) >= 11 is 0. The lowest BCUT2D eigenvalue weighted by molar-refractivity contribution is -0.298. The fourth-order valence-corrected chi connectivity index (χ4v) is 1.21. The molecule has 0 bridgehead atoms. The maximum atomic E-state index is 11.1. The van der Waals surface area contributed by atoms with Crippen molar-refractivity contribution in [2.75, 3.05) is 26.4 Å². The van der Waals surface area contributed by atoms with Gasteiger partial charge in [-0.1, -0.05) is 39.5 Å². The Morgan fingerprint density at radius 3 is 2.11 bits per heavy atom. The Labute approximate surface area is 110 Å². The van der Waals surface area contributed by atoms with Crippen molar-refractivity contribution < 1.29 is 24.0 Å². The van der Waals surface area contributed by atoms with E-state index in [1.807, 2.05) is 0 Å². The lowest BCUT2D eigenvalue weighted by atomic mass is 10.2. The molecule has 0 rings (SSSR count). The van der Waals surface area contributed by atoms with Gasteiger partial charge < -0.3 is 9.47 Å². The summed E-state index contributed by atoms with van der Waals surface area (Å²) in [6, 6.07) is 0. The summed E-state index contributed by atoms with van der Waals surface area (Å²) in [5, 5.41) is 0. The van der Waals surface area contributed by atoms with Gasteiger partial charge in [0.05, 0.1) is 13.2 Å². The number of rotatable bonds is 12. The molecule has 0 aromatic heterocycles. The molecule has 0 aliphatic rings. The van der Waals surface area contributed by atoms with Gasteiger partial charge in [0, 0.05) is 0 Å². The third-order valence-electron chi connectivity index (χ3n) is 2.27. The number of unbranched alkanes of at least 4 members (excludes halogenated alkanes) is 4. The second-order valence-electron chi connectivity index (χ2n) is 4.01. The number of carbonyl (C=O) groups is 1. The van der Waals surface area contributed by atoms with Gasteiger partial charge in [-0.05, 0) is 12.8 Å². The van der Waals surface area contributed by atoms with E-state index in [4.69, 9.17) is 19.2 Å². The zero-order valence-corrected chi connectivity index (χ0v) is 11.6. The first kappa shape index (κ1) is 17.2. The fraction of sp³-hybridized carbons (Fsp3) is 0.923. The second kappa shape index (κ2) is 14.3. The van der Waals surface area contributed by atoms with Crippen molar-refractivity contribution in [2.24, 2.45) is 0 Å². The molecule has 18 heavy (non-hydrogen) atoms. The normalized spacial score (nSPS) is 10.3. The van der Waals surface area contributed by atoms with Crippen LogP contribution >= 0.6 is 0 Å². The Hall–Kier alpha value is -0.810. The first-order valence-corrected chi connectivity index (χ1v) is 6.85. The van der Waals surface area contributed by atoms with Crippen LogP contribution < -0.4 is 0 Å². The molecule has 0 saturated carbocycles. The lowest BCUT2D eigenvalue weighted by Gasteiger charge is -2.06. The van der Waals surface area contributed by atoms with E-state index in [9.17, 15) is 4.79 Å². The quantitative estimate of drug-likeness (QED) is 0.233. The topological polar surface area (TPSA) is 54.0 Å². The lowest BCUT2D eigenvalue weighted by Crippen LogP contribution is -2.13. The molecule has 0 aromatic carbocycles. The fourth-order valence-electron chi connectivity index (χ4n) is 1.21. The third-order valence-corrected chi connectivity index (χ3v) is 2.27. The molecule has 0 aromatic rings. The molecule has 5 nitrogen and oxygen atoms in total. The maximum Gasteiger partial charge on any atom is 0.508 e. The van der Waals surface area contributed by atoms with E-state index in [1.165, 1.54) is 12.8 Å². The first-order chi connectivity index (χ1) is 8.81. The van der Waals surface area contributed by atoms with Gasteiger partial charge in [-0.2, -0.15) is 0 Å². The molecule has 0 spiro atoms. The predicted molar refractivity (Wildman–Crippen MR) is 68.3 cm³/mol. The molecule has 0 N–H and O–H groups in total. The van der Waals surface area contributed by atoms with E-state index in [0.29, 0.717) is 13.2 Å². The highest BCUT2D eigenvalue weighted by Gasteiger charge is 2.02. The number of hydrogen-bond donors (Lipinski definition) is 0. The molecule has 0 aliphatic heterocycles. The van der Waals surface area contributed by atoms with Gasteiger partial charge >= 0.3 is 6.16 Å². The highest BCUT2D eigenvalue weighted by atomic mass is 17.2. The SMILES string of the molecule is CCCCCCOC(=O)OCCOOCCCC. The van der Waals surface area contributed by atoms with Crippen LogP contribution in [0.3, 0.4) is 0 Å². The standard InChI is InChI=1S/C13H26O5/c1-3-5-7-8-9-15-13(14)16-11-12-18-17-10-6-4-2/h3-12H2,1-2H3. The minimum absolute atomic E-state index is 0.153. The third kappa shape index (κ3) is 13.3. The molecule has 0 amide bonds. The summed E-state index contributed by atoms with van der Waals surface area (Å²) in [4.78, 5) is 20.7. The molecular formula is C13H26O5. The van der Waals surface area contributed by atoms with Crippen molar-refractivity contribution in [3.05, 3.63) is 0 Å². The average molecular weight is 262 g/mol. The molecule has 0 aliphatic carbocycles. The summed E-state index contributed by atoms with van der Waals surface area (Å²) in [5.74, 6) is 0. The summed E-state index contributed by atoms with van der Waals surface area (Å²) in [6.45, 7) is 5.58. The average Bonchev–Trinajstić information content (AvgIpc) is 2.37. The van der Waals surface area contributed by atoms with Crippen molar-refractivity contribution in [3.8, 4) is 0 Å². The van der Waals surface area contributed by atoms with Gasteiger partial charge in [0.15, 0.2) is 0 Å². The Morgan fingerprint density at radius 2 is 1.39 bits per heavy atom. The minimum atomic E-state index is -0.636. The van der Waals surface area contributed by atoms with Crippen LogP contribution in [0.2, 0.25) is 0 Å². The summed E-state index contributed by atoms with van der Waals surface area (Å²) < 4.78 is 9.67. The summed E-state index contributed by atoms with van der Waals surface area (Å²) in [5.41, 5.74) is 0. The van der Waals surface area contributed by atoms with Gasteiger partial charge in [-0.25, -0.2) is 14.6 Å². The minimum Gasteiger partial charge on any atom is -0.434 e. The van der Waals surface area contributed by atoms with Gasteiger partial charge in [-0.15, -0.1) is 0 Å². The van der Waals surface area contributed by atoms with Crippen LogP contribution in [0.5, 0.6) is 0 Å². The number of ether oxygens (including phenoxy) is 2. The van der Waals surface area contributed by atoms with Crippen molar-refractivity contribution >= 4 is 6.16 Å². The van der Waals surface area contributed by atoms with Crippen molar-refractivity contribution in [2.45, 2.75) is 52.4 Å². The van der Waals surface area contributed by atoms with Crippen LogP contribution in [0, 0.1) is 0 Å². The zero-order valence-electron chi connectivity index (χ0n) is 11.6. The Kier molecular flexibility index (Phi) is 13.6. The zero-order chi connectivity index (χ0) is 13.5. The molecular weight excluding hydrogens is 236 g/mol. The van der Waals surface area contributed by atoms with Crippen LogP contribution in [0.1, 0.15) is 52.4 Å². The molecule has 0 atom stereocenters. The molecule has 0 unspecified atom stereocenters. The molecule has 0 radical (unpaired) electrons. The van der Waals surface area contributed by atoms with Crippen LogP contribution in [-0.2, 0) is 19.2 Å². The van der Waals surface area contributed by atoms with Crippen molar-refractivity contribution in [3.63, 3.8) is 0 Å². The molecule has 0 heterocycles. The smallest absolute Gasteiger partial charge is 0.434 e.